The molecule has 2 rings (SSSR count). The van der Waals surface area contributed by atoms with Gasteiger partial charge in [-0.1, -0.05) is 43.4 Å². The molecule has 0 fully saturated rings. The lowest BCUT2D eigenvalue weighted by Crippen LogP contribution is -2.08. The van der Waals surface area contributed by atoms with Gasteiger partial charge in [0.05, 0.1) is 6.10 Å². The topological polar surface area (TPSA) is 53.1 Å². The summed E-state index contributed by atoms with van der Waals surface area (Å²) in [4.78, 5) is 15.2. The van der Waals surface area contributed by atoms with Crippen molar-refractivity contribution >= 4 is 10.9 Å². The Morgan fingerprint density at radius 1 is 1.29 bits per heavy atom. The molecule has 0 aliphatic heterocycles. The van der Waals surface area contributed by atoms with Gasteiger partial charge in [0.15, 0.2) is 5.43 Å². The summed E-state index contributed by atoms with van der Waals surface area (Å²) in [6, 6.07) is 9.09. The van der Waals surface area contributed by atoms with E-state index < -0.39 is 6.10 Å². The maximum Gasteiger partial charge on any atom is 0.189 e. The molecule has 0 radical (unpaired) electrons. The van der Waals surface area contributed by atoms with Crippen molar-refractivity contribution in [3.05, 3.63) is 70.6 Å². The summed E-state index contributed by atoms with van der Waals surface area (Å²) in [5, 5.41) is 10.6. The lowest BCUT2D eigenvalue weighted by molar-refractivity contribution is 0.212. The minimum absolute atomic E-state index is 0.0234. The third kappa shape index (κ3) is 4.43. The molecular formula is C18H21NO2. The highest BCUT2D eigenvalue weighted by Crippen LogP contribution is 2.09. The van der Waals surface area contributed by atoms with E-state index in [-0.39, 0.29) is 5.43 Å². The largest absolute Gasteiger partial charge is 0.389 e. The van der Waals surface area contributed by atoms with Crippen molar-refractivity contribution in [2.75, 3.05) is 0 Å². The van der Waals surface area contributed by atoms with Crippen molar-refractivity contribution in [2.45, 2.75) is 32.3 Å². The predicted molar refractivity (Wildman–Crippen MR) is 87.5 cm³/mol. The molecule has 1 aromatic carbocycles. The van der Waals surface area contributed by atoms with Crippen LogP contribution in [0.15, 0.2) is 59.4 Å². The van der Waals surface area contributed by atoms with Crippen LogP contribution in [0.4, 0.5) is 0 Å². The van der Waals surface area contributed by atoms with Gasteiger partial charge in [0.25, 0.3) is 0 Å². The first-order valence-electron chi connectivity index (χ1n) is 7.33. The van der Waals surface area contributed by atoms with E-state index >= 15 is 0 Å². The summed E-state index contributed by atoms with van der Waals surface area (Å²) in [5.41, 5.74) is 1.72. The zero-order chi connectivity index (χ0) is 15.1. The van der Waals surface area contributed by atoms with Crippen molar-refractivity contribution in [1.82, 2.24) is 4.98 Å². The molecule has 0 saturated carbocycles. The highest BCUT2D eigenvalue weighted by molar-refractivity contribution is 5.78. The van der Waals surface area contributed by atoms with Gasteiger partial charge < -0.3 is 10.1 Å². The first kappa shape index (κ1) is 15.3. The van der Waals surface area contributed by atoms with Crippen molar-refractivity contribution < 1.29 is 5.11 Å². The van der Waals surface area contributed by atoms with Gasteiger partial charge in [-0.3, -0.25) is 4.79 Å². The monoisotopic (exact) mass is 283 g/mol. The van der Waals surface area contributed by atoms with E-state index in [0.717, 1.165) is 17.6 Å². The number of pyridine rings is 1. The highest BCUT2D eigenvalue weighted by atomic mass is 16.3. The Hall–Kier alpha value is -2.13. The number of allylic oxidation sites excluding steroid dienone is 3. The molecule has 0 aliphatic carbocycles. The second kappa shape index (κ2) is 7.60. The van der Waals surface area contributed by atoms with Crippen LogP contribution in [0.1, 0.15) is 25.5 Å². The van der Waals surface area contributed by atoms with Gasteiger partial charge in [-0.25, -0.2) is 0 Å². The van der Waals surface area contributed by atoms with Crippen LogP contribution in [0.3, 0.4) is 0 Å². The lowest BCUT2D eigenvalue weighted by Gasteiger charge is -2.07. The quantitative estimate of drug-likeness (QED) is 0.799. The predicted octanol–water partition coefficient (Wildman–Crippen LogP) is 3.34. The van der Waals surface area contributed by atoms with E-state index in [2.05, 4.69) is 11.9 Å². The van der Waals surface area contributed by atoms with E-state index in [1.807, 2.05) is 42.5 Å². The number of H-pyrrole nitrogens is 1. The molecule has 3 nitrogen and oxygen atoms in total. The van der Waals surface area contributed by atoms with Crippen LogP contribution >= 0.6 is 0 Å². The van der Waals surface area contributed by atoms with Crippen LogP contribution < -0.4 is 5.43 Å². The number of aromatic amines is 1. The van der Waals surface area contributed by atoms with Gasteiger partial charge >= 0.3 is 0 Å². The van der Waals surface area contributed by atoms with E-state index in [4.69, 9.17) is 0 Å². The zero-order valence-corrected chi connectivity index (χ0v) is 12.3. The van der Waals surface area contributed by atoms with Gasteiger partial charge in [-0.05, 0) is 31.4 Å². The second-order valence-electron chi connectivity index (χ2n) is 5.03. The standard InChI is InChI=1S/C18H21NO2/c1-2-3-4-5-8-15(20)12-11-14-13-18(21)16-9-6-7-10-17(16)19-14/h3-10,13,15,20H,2,11-12H2,1H3,(H,19,21)/b4-3-,8-5+. The summed E-state index contributed by atoms with van der Waals surface area (Å²) >= 11 is 0. The van der Waals surface area contributed by atoms with Gasteiger partial charge in [0.2, 0.25) is 0 Å². The molecule has 0 bridgehead atoms. The minimum atomic E-state index is -0.499. The summed E-state index contributed by atoms with van der Waals surface area (Å²) in [6.45, 7) is 2.07. The minimum Gasteiger partial charge on any atom is -0.389 e. The summed E-state index contributed by atoms with van der Waals surface area (Å²) in [6.07, 6.45) is 9.31. The van der Waals surface area contributed by atoms with Crippen LogP contribution in [0.5, 0.6) is 0 Å². The molecule has 0 amide bonds. The number of rotatable bonds is 6. The number of aliphatic hydroxyl groups excluding tert-OH is 1. The van der Waals surface area contributed by atoms with Crippen LogP contribution in [-0.4, -0.2) is 16.2 Å². The smallest absolute Gasteiger partial charge is 0.189 e. The molecule has 110 valence electrons. The van der Waals surface area contributed by atoms with Gasteiger partial charge in [0, 0.05) is 22.7 Å². The molecule has 1 atom stereocenters. The molecule has 0 aliphatic rings. The Morgan fingerprint density at radius 3 is 2.90 bits per heavy atom. The van der Waals surface area contributed by atoms with Crippen molar-refractivity contribution in [1.29, 1.82) is 0 Å². The Kier molecular flexibility index (Phi) is 5.52. The van der Waals surface area contributed by atoms with Crippen molar-refractivity contribution in [2.24, 2.45) is 0 Å². The number of nitrogens with one attached hydrogen (secondary N) is 1. The fraction of sp³-hybridized carbons (Fsp3) is 0.278. The number of aromatic nitrogens is 1. The summed E-state index contributed by atoms with van der Waals surface area (Å²) < 4.78 is 0. The third-order valence-electron chi connectivity index (χ3n) is 3.32. The van der Waals surface area contributed by atoms with E-state index in [9.17, 15) is 9.90 Å². The van der Waals surface area contributed by atoms with Gasteiger partial charge in [-0.15, -0.1) is 0 Å². The third-order valence-corrected chi connectivity index (χ3v) is 3.32. The number of hydrogen-bond donors (Lipinski definition) is 2. The van der Waals surface area contributed by atoms with Crippen LogP contribution in [0, 0.1) is 0 Å². The van der Waals surface area contributed by atoms with Crippen molar-refractivity contribution in [3.8, 4) is 0 Å². The SMILES string of the molecule is CC/C=C\C=C\C(O)CCc1cc(=O)c2ccccc2[nH]1. The molecule has 2 N–H and O–H groups in total. The number of fused-ring (bicyclic) bond motifs is 1. The van der Waals surface area contributed by atoms with Crippen LogP contribution in [0.2, 0.25) is 0 Å². The highest BCUT2D eigenvalue weighted by Gasteiger charge is 2.04. The second-order valence-corrected chi connectivity index (χ2v) is 5.03. The fourth-order valence-electron chi connectivity index (χ4n) is 2.19. The summed E-state index contributed by atoms with van der Waals surface area (Å²) in [5.74, 6) is 0. The number of para-hydroxylation sites is 1. The van der Waals surface area contributed by atoms with Gasteiger partial charge in [-0.2, -0.15) is 0 Å². The Morgan fingerprint density at radius 2 is 2.10 bits per heavy atom. The molecule has 3 heteroatoms. The van der Waals surface area contributed by atoms with E-state index in [1.165, 1.54) is 0 Å². The molecule has 1 heterocycles. The lowest BCUT2D eigenvalue weighted by atomic mass is 10.1. The van der Waals surface area contributed by atoms with Crippen LogP contribution in [0.25, 0.3) is 10.9 Å². The Bertz CT molecular complexity index is 698. The number of aliphatic hydroxyl groups is 1. The molecule has 0 spiro atoms. The molecule has 2 aromatic rings. The molecule has 0 saturated heterocycles. The molecular weight excluding hydrogens is 262 g/mol. The van der Waals surface area contributed by atoms with Crippen molar-refractivity contribution in [3.63, 3.8) is 0 Å². The number of benzene rings is 1. The fourth-order valence-corrected chi connectivity index (χ4v) is 2.19. The molecule has 1 unspecified atom stereocenters. The number of aryl methyl sites for hydroxylation is 1. The van der Waals surface area contributed by atoms with E-state index in [1.54, 1.807) is 12.1 Å². The normalized spacial score (nSPS) is 13.4. The Labute approximate surface area is 124 Å². The zero-order valence-electron chi connectivity index (χ0n) is 12.3. The average molecular weight is 283 g/mol. The molecule has 1 aromatic heterocycles. The van der Waals surface area contributed by atoms with E-state index in [0.29, 0.717) is 18.2 Å². The first-order valence-corrected chi connectivity index (χ1v) is 7.33. The maximum atomic E-state index is 12.0. The van der Waals surface area contributed by atoms with Crippen LogP contribution in [-0.2, 0) is 6.42 Å². The van der Waals surface area contributed by atoms with Gasteiger partial charge in [0.1, 0.15) is 0 Å². The maximum absolute atomic E-state index is 12.0. The first-order chi connectivity index (χ1) is 10.2. The number of hydrogen-bond acceptors (Lipinski definition) is 2. The Balaban J connectivity index is 2.02. The average Bonchev–Trinajstić information content (AvgIpc) is 2.50. The molecule has 21 heavy (non-hydrogen) atoms. The summed E-state index contributed by atoms with van der Waals surface area (Å²) in [7, 11) is 0.